The number of aliphatic imine (C=N–C) groups is 1. The number of nitrogens with one attached hydrogen (secondary N) is 1. The highest BCUT2D eigenvalue weighted by molar-refractivity contribution is 5.85. The van der Waals surface area contributed by atoms with E-state index < -0.39 is 0 Å². The third-order valence-electron chi connectivity index (χ3n) is 6.07. The Balaban J connectivity index is 1.67. The van der Waals surface area contributed by atoms with Crippen molar-refractivity contribution in [2.45, 2.75) is 59.4 Å². The Labute approximate surface area is 177 Å². The van der Waals surface area contributed by atoms with E-state index in [0.29, 0.717) is 23.1 Å². The second kappa shape index (κ2) is 7.91. The van der Waals surface area contributed by atoms with Crippen LogP contribution in [0.15, 0.2) is 35.5 Å². The minimum atomic E-state index is 0.353. The van der Waals surface area contributed by atoms with Gasteiger partial charge in [-0.15, -0.1) is 5.10 Å². The molecule has 4 rings (SSSR count). The van der Waals surface area contributed by atoms with Crippen molar-refractivity contribution < 1.29 is 0 Å². The first-order valence-corrected chi connectivity index (χ1v) is 10.6. The van der Waals surface area contributed by atoms with Crippen molar-refractivity contribution in [2.75, 3.05) is 5.32 Å². The molecule has 6 heteroatoms. The predicted molar refractivity (Wildman–Crippen MR) is 121 cm³/mol. The third kappa shape index (κ3) is 3.93. The largest absolute Gasteiger partial charge is 0.350 e. The summed E-state index contributed by atoms with van der Waals surface area (Å²) in [6, 6.07) is 10.7. The van der Waals surface area contributed by atoms with Crippen LogP contribution in [0.4, 0.5) is 11.6 Å². The fourth-order valence-electron chi connectivity index (χ4n) is 4.23. The van der Waals surface area contributed by atoms with E-state index in [9.17, 15) is 5.26 Å². The molecule has 0 unspecified atom stereocenters. The van der Waals surface area contributed by atoms with Gasteiger partial charge in [0.05, 0.1) is 5.69 Å². The number of hydrogen-bond acceptors (Lipinski definition) is 5. The molecule has 2 heterocycles. The molecule has 1 aliphatic carbocycles. The fraction of sp³-hybridized carbons (Fsp3) is 0.417. The molecule has 0 saturated heterocycles. The lowest BCUT2D eigenvalue weighted by atomic mass is 9.76. The number of anilines is 1. The zero-order chi connectivity index (χ0) is 21.3. The van der Waals surface area contributed by atoms with E-state index in [0.717, 1.165) is 40.7 Å². The summed E-state index contributed by atoms with van der Waals surface area (Å²) in [5.74, 6) is 0.523. The first-order valence-electron chi connectivity index (χ1n) is 10.6. The molecule has 0 amide bonds. The molecule has 3 aromatic rings. The molecule has 0 spiro atoms. The Morgan fingerprint density at radius 2 is 2.03 bits per heavy atom. The van der Waals surface area contributed by atoms with Gasteiger partial charge in [-0.1, -0.05) is 19.9 Å². The Bertz CT molecular complexity index is 1140. The molecule has 2 aromatic heterocycles. The maximum atomic E-state index is 9.79. The molecule has 1 N–H and O–H groups in total. The molecular formula is C24H28N6. The minimum absolute atomic E-state index is 0.353. The van der Waals surface area contributed by atoms with Crippen LogP contribution >= 0.6 is 0 Å². The van der Waals surface area contributed by atoms with Gasteiger partial charge in [-0.25, -0.2) is 4.52 Å². The number of nitriles is 1. The third-order valence-corrected chi connectivity index (χ3v) is 6.07. The van der Waals surface area contributed by atoms with Crippen molar-refractivity contribution in [1.29, 1.82) is 5.26 Å². The number of aryl methyl sites for hydroxylation is 1. The van der Waals surface area contributed by atoms with Crippen molar-refractivity contribution in [3.8, 4) is 17.2 Å². The quantitative estimate of drug-likeness (QED) is 0.572. The van der Waals surface area contributed by atoms with Gasteiger partial charge < -0.3 is 5.32 Å². The minimum Gasteiger partial charge on any atom is -0.350 e. The molecule has 1 saturated carbocycles. The topological polar surface area (TPSA) is 78.4 Å². The summed E-state index contributed by atoms with van der Waals surface area (Å²) in [7, 11) is 0. The van der Waals surface area contributed by atoms with Crippen LogP contribution in [0, 0.1) is 23.7 Å². The van der Waals surface area contributed by atoms with Gasteiger partial charge in [0.15, 0.2) is 5.69 Å². The molecule has 0 atom stereocenters. The zero-order valence-electron chi connectivity index (χ0n) is 18.1. The van der Waals surface area contributed by atoms with Gasteiger partial charge in [-0.05, 0) is 74.3 Å². The first kappa shape index (κ1) is 20.1. The summed E-state index contributed by atoms with van der Waals surface area (Å²) < 4.78 is 1.77. The van der Waals surface area contributed by atoms with Crippen LogP contribution in [0.5, 0.6) is 0 Å². The summed E-state index contributed by atoms with van der Waals surface area (Å²) >= 11 is 0. The van der Waals surface area contributed by atoms with E-state index in [1.165, 1.54) is 12.8 Å². The number of fused-ring (bicyclic) bond motifs is 1. The second-order valence-corrected chi connectivity index (χ2v) is 8.89. The summed E-state index contributed by atoms with van der Waals surface area (Å²) in [6.45, 7) is 8.60. The van der Waals surface area contributed by atoms with Gasteiger partial charge in [0, 0.05) is 24.0 Å². The molecule has 1 aliphatic rings. The Morgan fingerprint density at radius 3 is 2.70 bits per heavy atom. The van der Waals surface area contributed by atoms with E-state index in [-0.39, 0.29) is 0 Å². The molecular weight excluding hydrogens is 372 g/mol. The van der Waals surface area contributed by atoms with E-state index in [1.54, 1.807) is 10.7 Å². The normalized spacial score (nSPS) is 16.8. The van der Waals surface area contributed by atoms with E-state index in [1.807, 2.05) is 38.2 Å². The van der Waals surface area contributed by atoms with Gasteiger partial charge in [0.2, 0.25) is 5.95 Å². The van der Waals surface area contributed by atoms with Crippen LogP contribution in [0.3, 0.4) is 0 Å². The maximum absolute atomic E-state index is 9.79. The Hall–Kier alpha value is -3.20. The Morgan fingerprint density at radius 1 is 1.27 bits per heavy atom. The lowest BCUT2D eigenvalue weighted by Gasteiger charge is -2.34. The number of nitrogens with zero attached hydrogens (tertiary/aromatic N) is 5. The van der Waals surface area contributed by atoms with Crippen LogP contribution in [0.25, 0.3) is 16.6 Å². The predicted octanol–water partition coefficient (Wildman–Crippen LogP) is 5.68. The maximum Gasteiger partial charge on any atom is 0.242 e. The van der Waals surface area contributed by atoms with Gasteiger partial charge in [-0.3, -0.25) is 4.99 Å². The monoisotopic (exact) mass is 400 g/mol. The molecule has 30 heavy (non-hydrogen) atoms. The SMILES string of the molecule is CC=Nc1ccc(-c2ccn3nc(NC4CCC(C)(C)CC4)nc(C#N)c23)cc1C. The number of hydrogen-bond donors (Lipinski definition) is 1. The molecule has 1 fully saturated rings. The summed E-state index contributed by atoms with van der Waals surface area (Å²) in [5, 5.41) is 17.9. The lowest BCUT2D eigenvalue weighted by Crippen LogP contribution is -2.30. The highest BCUT2D eigenvalue weighted by Crippen LogP contribution is 2.36. The molecule has 1 aromatic carbocycles. The van der Waals surface area contributed by atoms with Crippen molar-refractivity contribution in [3.05, 3.63) is 41.7 Å². The van der Waals surface area contributed by atoms with Crippen molar-refractivity contribution in [2.24, 2.45) is 10.4 Å². The number of rotatable bonds is 4. The summed E-state index contributed by atoms with van der Waals surface area (Å²) in [5.41, 5.74) is 5.54. The van der Waals surface area contributed by atoms with Crippen molar-refractivity contribution >= 4 is 23.4 Å². The molecule has 0 aliphatic heterocycles. The number of benzene rings is 1. The smallest absolute Gasteiger partial charge is 0.242 e. The summed E-state index contributed by atoms with van der Waals surface area (Å²) in [6.07, 6.45) is 8.25. The van der Waals surface area contributed by atoms with E-state index >= 15 is 0 Å². The highest BCUT2D eigenvalue weighted by atomic mass is 15.3. The zero-order valence-corrected chi connectivity index (χ0v) is 18.1. The van der Waals surface area contributed by atoms with E-state index in [2.05, 4.69) is 46.4 Å². The average molecular weight is 401 g/mol. The lowest BCUT2D eigenvalue weighted by molar-refractivity contribution is 0.232. The van der Waals surface area contributed by atoms with Crippen LogP contribution in [0.1, 0.15) is 57.7 Å². The molecule has 154 valence electrons. The summed E-state index contributed by atoms with van der Waals surface area (Å²) in [4.78, 5) is 8.94. The average Bonchev–Trinajstić information content (AvgIpc) is 3.15. The van der Waals surface area contributed by atoms with Crippen molar-refractivity contribution in [3.63, 3.8) is 0 Å². The fourth-order valence-corrected chi connectivity index (χ4v) is 4.23. The van der Waals surface area contributed by atoms with Crippen LogP contribution < -0.4 is 5.32 Å². The molecule has 6 nitrogen and oxygen atoms in total. The second-order valence-electron chi connectivity index (χ2n) is 8.89. The molecule has 0 bridgehead atoms. The van der Waals surface area contributed by atoms with Crippen LogP contribution in [0.2, 0.25) is 0 Å². The van der Waals surface area contributed by atoms with Crippen LogP contribution in [-0.4, -0.2) is 26.9 Å². The first-order chi connectivity index (χ1) is 14.4. The Kier molecular flexibility index (Phi) is 5.29. The van der Waals surface area contributed by atoms with E-state index in [4.69, 9.17) is 0 Å². The van der Waals surface area contributed by atoms with Crippen molar-refractivity contribution in [1.82, 2.24) is 14.6 Å². The van der Waals surface area contributed by atoms with Gasteiger partial charge in [-0.2, -0.15) is 10.2 Å². The van der Waals surface area contributed by atoms with Gasteiger partial charge in [0.1, 0.15) is 11.6 Å². The number of aromatic nitrogens is 3. The molecule has 0 radical (unpaired) electrons. The van der Waals surface area contributed by atoms with Crippen LogP contribution in [-0.2, 0) is 0 Å². The van der Waals surface area contributed by atoms with Gasteiger partial charge >= 0.3 is 0 Å². The van der Waals surface area contributed by atoms with Gasteiger partial charge in [0.25, 0.3) is 0 Å². The highest BCUT2D eigenvalue weighted by Gasteiger charge is 2.27. The standard InChI is InChI=1S/C24H28N6/c1-5-26-20-7-6-17(14-16(20)2)19-10-13-30-22(19)21(15-25)28-23(29-30)27-18-8-11-24(3,4)12-9-18/h5-7,10,13-14,18H,8-9,11-12H2,1-4H3,(H,27,29).